The fourth-order valence-electron chi connectivity index (χ4n) is 3.91. The highest BCUT2D eigenvalue weighted by molar-refractivity contribution is 7.94. The maximum absolute atomic E-state index is 12.9. The lowest BCUT2D eigenvalue weighted by atomic mass is 10.1. The third-order valence-corrected chi connectivity index (χ3v) is 8.92. The zero-order valence-corrected chi connectivity index (χ0v) is 21.1. The van der Waals surface area contributed by atoms with Crippen LogP contribution in [0.1, 0.15) is 12.8 Å². The second kappa shape index (κ2) is 10.2. The Bertz CT molecular complexity index is 1390. The highest BCUT2D eigenvalue weighted by Crippen LogP contribution is 2.32. The predicted molar refractivity (Wildman–Crippen MR) is 140 cm³/mol. The van der Waals surface area contributed by atoms with Gasteiger partial charge in [-0.1, -0.05) is 35.9 Å². The first kappa shape index (κ1) is 23.6. The van der Waals surface area contributed by atoms with Crippen molar-refractivity contribution in [3.05, 3.63) is 84.1 Å². The molecule has 35 heavy (non-hydrogen) atoms. The van der Waals surface area contributed by atoms with Gasteiger partial charge in [0.1, 0.15) is 15.3 Å². The van der Waals surface area contributed by atoms with Crippen LogP contribution in [-0.2, 0) is 10.0 Å². The number of halogens is 1. The van der Waals surface area contributed by atoms with Gasteiger partial charge in [0.25, 0.3) is 10.0 Å². The minimum absolute atomic E-state index is 0.00126. The molecule has 5 rings (SSSR count). The first-order valence-electron chi connectivity index (χ1n) is 11.1. The van der Waals surface area contributed by atoms with Gasteiger partial charge in [-0.15, -0.1) is 11.3 Å². The first-order chi connectivity index (χ1) is 17.0. The number of ether oxygens (including phenoxy) is 1. The molecule has 4 aromatic rings. The molecule has 1 N–H and O–H groups in total. The molecule has 1 aromatic carbocycles. The summed E-state index contributed by atoms with van der Waals surface area (Å²) in [5.74, 6) is 0.307. The maximum atomic E-state index is 12.9. The topological polar surface area (TPSA) is 84.4 Å². The zero-order chi connectivity index (χ0) is 24.3. The van der Waals surface area contributed by atoms with Crippen molar-refractivity contribution in [1.82, 2.24) is 9.97 Å². The standard InChI is InChI=1S/C25H23ClN4O3S2/c26-21-16-18(29-35(31,32)24-10-9-23(34-24)22-8-4-5-13-27-22)17-28-25(21)33-20-11-14-30(15-12-20)19-6-2-1-3-7-19/h1-10,13,16-17,20,29H,11-12,14-15H2. The van der Waals surface area contributed by atoms with E-state index in [1.165, 1.54) is 18.0 Å². The van der Waals surface area contributed by atoms with Gasteiger partial charge in [-0.25, -0.2) is 13.4 Å². The molecule has 10 heteroatoms. The molecule has 0 bridgehead atoms. The number of piperidine rings is 1. The van der Waals surface area contributed by atoms with Crippen molar-refractivity contribution in [2.45, 2.75) is 23.2 Å². The van der Waals surface area contributed by atoms with Crippen molar-refractivity contribution in [2.75, 3.05) is 22.7 Å². The fraction of sp³-hybridized carbons (Fsp3) is 0.200. The number of nitrogens with one attached hydrogen (secondary N) is 1. The Morgan fingerprint density at radius 1 is 1.00 bits per heavy atom. The number of sulfonamides is 1. The van der Waals surface area contributed by atoms with E-state index in [1.807, 2.05) is 36.4 Å². The molecule has 0 spiro atoms. The van der Waals surface area contributed by atoms with E-state index in [2.05, 4.69) is 31.7 Å². The average molecular weight is 527 g/mol. The number of nitrogens with zero attached hydrogens (tertiary/aromatic N) is 3. The molecule has 1 fully saturated rings. The fourth-order valence-corrected chi connectivity index (χ4v) is 6.44. The van der Waals surface area contributed by atoms with E-state index in [-0.39, 0.29) is 21.0 Å². The van der Waals surface area contributed by atoms with Gasteiger partial charge in [0, 0.05) is 37.8 Å². The molecule has 1 saturated heterocycles. The third-order valence-electron chi connectivity index (χ3n) is 5.66. The van der Waals surface area contributed by atoms with Crippen LogP contribution >= 0.6 is 22.9 Å². The molecular weight excluding hydrogens is 504 g/mol. The van der Waals surface area contributed by atoms with Gasteiger partial charge in [0.2, 0.25) is 5.88 Å². The van der Waals surface area contributed by atoms with E-state index in [0.29, 0.717) is 5.88 Å². The number of hydrogen-bond acceptors (Lipinski definition) is 7. The van der Waals surface area contributed by atoms with Gasteiger partial charge in [0.05, 0.1) is 22.5 Å². The summed E-state index contributed by atoms with van der Waals surface area (Å²) in [6.45, 7) is 1.76. The second-order valence-electron chi connectivity index (χ2n) is 8.09. The van der Waals surface area contributed by atoms with Crippen LogP contribution in [0.25, 0.3) is 10.6 Å². The second-order valence-corrected chi connectivity index (χ2v) is 11.5. The Hall–Kier alpha value is -3.14. The lowest BCUT2D eigenvalue weighted by Gasteiger charge is -2.33. The number of pyridine rings is 2. The minimum atomic E-state index is -3.79. The van der Waals surface area contributed by atoms with E-state index in [1.54, 1.807) is 18.3 Å². The van der Waals surface area contributed by atoms with E-state index in [9.17, 15) is 8.42 Å². The number of benzene rings is 1. The lowest BCUT2D eigenvalue weighted by molar-refractivity contribution is 0.164. The van der Waals surface area contributed by atoms with Crippen molar-refractivity contribution in [3.63, 3.8) is 0 Å². The van der Waals surface area contributed by atoms with Crippen molar-refractivity contribution in [1.29, 1.82) is 0 Å². The number of aromatic nitrogens is 2. The van der Waals surface area contributed by atoms with Crippen LogP contribution < -0.4 is 14.4 Å². The summed E-state index contributed by atoms with van der Waals surface area (Å²) >= 11 is 7.54. The van der Waals surface area contributed by atoms with Crippen LogP contribution in [0.5, 0.6) is 5.88 Å². The van der Waals surface area contributed by atoms with Crippen LogP contribution in [0.2, 0.25) is 5.02 Å². The molecule has 0 radical (unpaired) electrons. The van der Waals surface area contributed by atoms with Crippen LogP contribution in [0.15, 0.2) is 83.3 Å². The van der Waals surface area contributed by atoms with Crippen molar-refractivity contribution >= 4 is 44.3 Å². The normalized spacial score (nSPS) is 14.6. The van der Waals surface area contributed by atoms with Crippen LogP contribution in [-0.4, -0.2) is 37.6 Å². The molecule has 4 heterocycles. The number of para-hydroxylation sites is 1. The number of hydrogen-bond donors (Lipinski definition) is 1. The van der Waals surface area contributed by atoms with Crippen molar-refractivity contribution in [2.24, 2.45) is 0 Å². The summed E-state index contributed by atoms with van der Waals surface area (Å²) in [5.41, 5.74) is 2.20. The van der Waals surface area contributed by atoms with Gasteiger partial charge in [-0.05, 0) is 42.5 Å². The Kier molecular flexibility index (Phi) is 6.90. The number of rotatable bonds is 7. The highest BCUT2D eigenvalue weighted by Gasteiger charge is 2.23. The van der Waals surface area contributed by atoms with Gasteiger partial charge in [-0.2, -0.15) is 0 Å². The van der Waals surface area contributed by atoms with Gasteiger partial charge >= 0.3 is 0 Å². The van der Waals surface area contributed by atoms with Gasteiger partial charge < -0.3 is 9.64 Å². The Balaban J connectivity index is 1.21. The summed E-state index contributed by atoms with van der Waals surface area (Å²) in [5, 5.41) is 0.260. The monoisotopic (exact) mass is 526 g/mol. The van der Waals surface area contributed by atoms with E-state index in [0.717, 1.165) is 47.8 Å². The summed E-state index contributed by atoms with van der Waals surface area (Å²) in [4.78, 5) is 11.6. The van der Waals surface area contributed by atoms with Crippen LogP contribution in [0.4, 0.5) is 11.4 Å². The predicted octanol–water partition coefficient (Wildman–Crippen LogP) is 5.71. The number of thiophene rings is 1. The lowest BCUT2D eigenvalue weighted by Crippen LogP contribution is -2.38. The van der Waals surface area contributed by atoms with E-state index < -0.39 is 10.0 Å². The molecule has 0 amide bonds. The SMILES string of the molecule is O=S(=O)(Nc1cnc(OC2CCN(c3ccccc3)CC2)c(Cl)c1)c1ccc(-c2ccccn2)s1. The van der Waals surface area contributed by atoms with Crippen LogP contribution in [0, 0.1) is 0 Å². The molecule has 0 atom stereocenters. The zero-order valence-electron chi connectivity index (χ0n) is 18.7. The van der Waals surface area contributed by atoms with Gasteiger partial charge in [-0.3, -0.25) is 9.71 Å². The quantitative estimate of drug-likeness (QED) is 0.332. The summed E-state index contributed by atoms with van der Waals surface area (Å²) < 4.78 is 34.5. The number of anilines is 2. The van der Waals surface area contributed by atoms with E-state index >= 15 is 0 Å². The third kappa shape index (κ3) is 5.58. The van der Waals surface area contributed by atoms with Gasteiger partial charge in [0.15, 0.2) is 0 Å². The average Bonchev–Trinajstić information content (AvgIpc) is 3.39. The van der Waals surface area contributed by atoms with E-state index in [4.69, 9.17) is 16.3 Å². The largest absolute Gasteiger partial charge is 0.473 e. The molecule has 3 aromatic heterocycles. The molecule has 0 unspecified atom stereocenters. The highest BCUT2D eigenvalue weighted by atomic mass is 35.5. The molecular formula is C25H23ClN4O3S2. The van der Waals surface area contributed by atoms with Crippen molar-refractivity contribution in [3.8, 4) is 16.5 Å². The van der Waals surface area contributed by atoms with Crippen LogP contribution in [0.3, 0.4) is 0 Å². The summed E-state index contributed by atoms with van der Waals surface area (Å²) in [6.07, 6.45) is 4.78. The summed E-state index contributed by atoms with van der Waals surface area (Å²) in [7, 11) is -3.79. The Morgan fingerprint density at radius 2 is 1.77 bits per heavy atom. The molecule has 0 saturated carbocycles. The smallest absolute Gasteiger partial charge is 0.271 e. The van der Waals surface area contributed by atoms with Crippen molar-refractivity contribution < 1.29 is 13.2 Å². The molecule has 1 aliphatic heterocycles. The molecule has 180 valence electrons. The Morgan fingerprint density at radius 3 is 2.49 bits per heavy atom. The summed E-state index contributed by atoms with van der Waals surface area (Å²) in [6, 6.07) is 20.6. The molecule has 0 aliphatic carbocycles. The first-order valence-corrected chi connectivity index (χ1v) is 13.8. The Labute approximate surface area is 213 Å². The maximum Gasteiger partial charge on any atom is 0.271 e. The molecule has 7 nitrogen and oxygen atoms in total. The molecule has 1 aliphatic rings. The minimum Gasteiger partial charge on any atom is -0.473 e.